The van der Waals surface area contributed by atoms with E-state index in [0.29, 0.717) is 11.3 Å². The molecule has 5 nitrogen and oxygen atoms in total. The zero-order valence-electron chi connectivity index (χ0n) is 13.1. The Kier molecular flexibility index (Phi) is 4.56. The molecule has 0 spiro atoms. The maximum atomic E-state index is 11.9. The molecule has 2 aromatic rings. The van der Waals surface area contributed by atoms with E-state index < -0.39 is 11.9 Å². The number of para-hydroxylation sites is 1. The van der Waals surface area contributed by atoms with Gasteiger partial charge < -0.3 is 9.64 Å². The number of esters is 2. The second-order valence-corrected chi connectivity index (χ2v) is 4.76. The largest absolute Gasteiger partial charge is 0.386 e. The van der Waals surface area contributed by atoms with Crippen molar-refractivity contribution in [2.75, 3.05) is 14.1 Å². The van der Waals surface area contributed by atoms with Gasteiger partial charge in [0.05, 0.1) is 16.8 Å². The number of cyclic esters (lactones) is 2. The Bertz CT molecular complexity index is 764. The molecule has 1 aliphatic rings. The van der Waals surface area contributed by atoms with E-state index in [9.17, 15) is 9.59 Å². The molecule has 3 rings (SSSR count). The second kappa shape index (κ2) is 6.39. The topological polar surface area (TPSA) is 59.5 Å². The highest BCUT2D eigenvalue weighted by molar-refractivity contribution is 6.25. The van der Waals surface area contributed by atoms with Crippen LogP contribution < -0.4 is 0 Å². The summed E-state index contributed by atoms with van der Waals surface area (Å²) >= 11 is 0. The third-order valence-electron chi connectivity index (χ3n) is 2.99. The minimum Gasteiger partial charge on any atom is -0.386 e. The lowest BCUT2D eigenvalue weighted by molar-refractivity contribution is -0.131. The first-order chi connectivity index (χ1) is 10.6. The van der Waals surface area contributed by atoms with E-state index in [1.165, 1.54) is 0 Å². The van der Waals surface area contributed by atoms with Crippen LogP contribution in [0.15, 0.2) is 36.5 Å². The number of fused-ring (bicyclic) bond motifs is 2. The first kappa shape index (κ1) is 15.7. The molecule has 114 valence electrons. The van der Waals surface area contributed by atoms with Gasteiger partial charge in [-0.05, 0) is 12.1 Å². The summed E-state index contributed by atoms with van der Waals surface area (Å²) in [6, 6.07) is 9.14. The number of hydrogen-bond acceptors (Lipinski definition) is 5. The quantitative estimate of drug-likeness (QED) is 0.460. The zero-order chi connectivity index (χ0) is 16.3. The minimum atomic E-state index is -0.668. The normalized spacial score (nSPS) is 15.0. The molecule has 0 amide bonds. The van der Waals surface area contributed by atoms with E-state index >= 15 is 0 Å². The fraction of sp³-hybridized carbons (Fsp3) is 0.235. The molecule has 1 aromatic carbocycles. The summed E-state index contributed by atoms with van der Waals surface area (Å²) in [6.45, 7) is 4.00. The van der Waals surface area contributed by atoms with Crippen LogP contribution in [-0.2, 0) is 9.53 Å². The molecule has 1 aliphatic heterocycles. The standard InChI is InChI=1S/C15H12N2O3.C2H6/c1-17(2)8-11-13-10(14(18)20-15(11)19)7-9-5-3-4-6-12(9)16-13;1-2/h3-8H,1-2H3;1-2H3/b11-8+;. The number of hydrogen-bond donors (Lipinski definition) is 0. The lowest BCUT2D eigenvalue weighted by atomic mass is 10.0. The van der Waals surface area contributed by atoms with Crippen LogP contribution in [0.2, 0.25) is 0 Å². The van der Waals surface area contributed by atoms with Crippen LogP contribution in [0.3, 0.4) is 0 Å². The van der Waals surface area contributed by atoms with Crippen LogP contribution in [0.25, 0.3) is 16.5 Å². The average Bonchev–Trinajstić information content (AvgIpc) is 2.52. The Morgan fingerprint density at radius 3 is 2.45 bits per heavy atom. The second-order valence-electron chi connectivity index (χ2n) is 4.76. The van der Waals surface area contributed by atoms with E-state index in [1.54, 1.807) is 31.3 Å². The molecule has 1 aromatic heterocycles. The molecule has 0 N–H and O–H groups in total. The highest BCUT2D eigenvalue weighted by Crippen LogP contribution is 2.28. The summed E-state index contributed by atoms with van der Waals surface area (Å²) in [5.41, 5.74) is 1.71. The van der Waals surface area contributed by atoms with Gasteiger partial charge in [-0.2, -0.15) is 0 Å². The van der Waals surface area contributed by atoms with Gasteiger partial charge in [0.2, 0.25) is 0 Å². The van der Waals surface area contributed by atoms with Crippen molar-refractivity contribution in [2.45, 2.75) is 13.8 Å². The highest BCUT2D eigenvalue weighted by atomic mass is 16.6. The Morgan fingerprint density at radius 1 is 1.09 bits per heavy atom. The molecule has 5 heteroatoms. The van der Waals surface area contributed by atoms with E-state index in [-0.39, 0.29) is 5.57 Å². The number of ether oxygens (including phenoxy) is 1. The Balaban J connectivity index is 0.000000847. The maximum absolute atomic E-state index is 11.9. The predicted molar refractivity (Wildman–Crippen MR) is 85.2 cm³/mol. The summed E-state index contributed by atoms with van der Waals surface area (Å²) in [5, 5.41) is 0.835. The van der Waals surface area contributed by atoms with Gasteiger partial charge >= 0.3 is 11.9 Å². The summed E-state index contributed by atoms with van der Waals surface area (Å²) in [7, 11) is 3.58. The van der Waals surface area contributed by atoms with Crippen LogP contribution in [0.1, 0.15) is 29.9 Å². The van der Waals surface area contributed by atoms with Crippen molar-refractivity contribution in [3.05, 3.63) is 47.8 Å². The van der Waals surface area contributed by atoms with Crippen molar-refractivity contribution in [2.24, 2.45) is 0 Å². The molecular weight excluding hydrogens is 280 g/mol. The Morgan fingerprint density at radius 2 is 1.77 bits per heavy atom. The van der Waals surface area contributed by atoms with Gasteiger partial charge in [0.1, 0.15) is 5.57 Å². The third kappa shape index (κ3) is 2.83. The zero-order valence-corrected chi connectivity index (χ0v) is 13.1. The van der Waals surface area contributed by atoms with Crippen molar-refractivity contribution in [1.82, 2.24) is 9.88 Å². The van der Waals surface area contributed by atoms with E-state index in [2.05, 4.69) is 4.98 Å². The lowest BCUT2D eigenvalue weighted by Crippen LogP contribution is -2.24. The molecule has 0 saturated heterocycles. The molecule has 0 saturated carbocycles. The molecule has 0 atom stereocenters. The van der Waals surface area contributed by atoms with Crippen molar-refractivity contribution in [3.63, 3.8) is 0 Å². The van der Waals surface area contributed by atoms with Crippen LogP contribution in [0.4, 0.5) is 0 Å². The summed E-state index contributed by atoms with van der Waals surface area (Å²) in [4.78, 5) is 29.9. The molecule has 0 fully saturated rings. The average molecular weight is 298 g/mol. The van der Waals surface area contributed by atoms with Crippen molar-refractivity contribution < 1.29 is 14.3 Å². The summed E-state index contributed by atoms with van der Waals surface area (Å²) < 4.78 is 4.76. The van der Waals surface area contributed by atoms with Crippen molar-refractivity contribution in [3.8, 4) is 0 Å². The van der Waals surface area contributed by atoms with Crippen molar-refractivity contribution in [1.29, 1.82) is 0 Å². The molecule has 0 unspecified atom stereocenters. The Hall–Kier alpha value is -2.69. The molecule has 0 bridgehead atoms. The number of nitrogens with zero attached hydrogens (tertiary/aromatic N) is 2. The number of rotatable bonds is 1. The lowest BCUT2D eigenvalue weighted by Gasteiger charge is -2.18. The predicted octanol–water partition coefficient (Wildman–Crippen LogP) is 2.86. The fourth-order valence-corrected chi connectivity index (χ4v) is 2.14. The van der Waals surface area contributed by atoms with Crippen molar-refractivity contribution >= 4 is 28.4 Å². The number of aromatic nitrogens is 1. The molecule has 0 radical (unpaired) electrons. The SMILES string of the molecule is CC.CN(C)/C=C1/C(=O)OC(=O)c2cc3ccccc3nc21. The van der Waals surface area contributed by atoms with Crippen LogP contribution >= 0.6 is 0 Å². The molecule has 0 aliphatic carbocycles. The number of carbonyl (C=O) groups is 2. The first-order valence-electron chi connectivity index (χ1n) is 7.11. The van der Waals surface area contributed by atoms with Gasteiger partial charge in [-0.25, -0.2) is 14.6 Å². The first-order valence-corrected chi connectivity index (χ1v) is 7.11. The van der Waals surface area contributed by atoms with E-state index in [0.717, 1.165) is 10.9 Å². The van der Waals surface area contributed by atoms with Gasteiger partial charge in [0, 0.05) is 25.7 Å². The molecule has 2 heterocycles. The number of benzene rings is 1. The van der Waals surface area contributed by atoms with E-state index in [1.807, 2.05) is 38.1 Å². The van der Waals surface area contributed by atoms with Crippen LogP contribution in [0.5, 0.6) is 0 Å². The van der Waals surface area contributed by atoms with E-state index in [4.69, 9.17) is 4.74 Å². The van der Waals surface area contributed by atoms with Gasteiger partial charge in [-0.15, -0.1) is 0 Å². The third-order valence-corrected chi connectivity index (χ3v) is 2.99. The van der Waals surface area contributed by atoms with Crippen LogP contribution in [0, 0.1) is 0 Å². The summed E-state index contributed by atoms with van der Waals surface area (Å²) in [6.07, 6.45) is 1.61. The minimum absolute atomic E-state index is 0.287. The van der Waals surface area contributed by atoms with Gasteiger partial charge in [0.25, 0.3) is 0 Å². The number of pyridine rings is 1. The maximum Gasteiger partial charge on any atom is 0.349 e. The Labute approximate surface area is 129 Å². The van der Waals surface area contributed by atoms with Gasteiger partial charge in [-0.1, -0.05) is 32.0 Å². The number of carbonyl (C=O) groups excluding carboxylic acids is 2. The fourth-order valence-electron chi connectivity index (χ4n) is 2.14. The smallest absolute Gasteiger partial charge is 0.349 e. The molecular formula is C17H18N2O3. The van der Waals surface area contributed by atoms with Gasteiger partial charge in [-0.3, -0.25) is 0 Å². The van der Waals surface area contributed by atoms with Gasteiger partial charge in [0.15, 0.2) is 0 Å². The van der Waals surface area contributed by atoms with Crippen LogP contribution in [-0.4, -0.2) is 35.9 Å². The molecule has 22 heavy (non-hydrogen) atoms. The summed E-state index contributed by atoms with van der Waals surface area (Å²) in [5.74, 6) is -1.32. The monoisotopic (exact) mass is 298 g/mol. The highest BCUT2D eigenvalue weighted by Gasteiger charge is 2.31.